The molecule has 12 nitrogen and oxygen atoms in total. The number of rotatable bonds is 8. The number of aliphatic hydroxyl groups excluding tert-OH is 1. The number of benzene rings is 1. The number of aromatic nitrogens is 4. The SMILES string of the molecule is CC(=O)O[C@H]1[C@H](n2cnc3c(Cl)ncnc32)O[C@H](CO)[C@@]1(CN=[N+]=[N-])OCc1ccccc1. The molecule has 172 valence electrons. The van der Waals surface area contributed by atoms with Crippen molar-refractivity contribution in [3.8, 4) is 0 Å². The third kappa shape index (κ3) is 4.34. The van der Waals surface area contributed by atoms with Gasteiger partial charge in [0.15, 0.2) is 23.1 Å². The van der Waals surface area contributed by atoms with E-state index in [9.17, 15) is 9.90 Å². The quantitative estimate of drug-likeness (QED) is 0.172. The highest BCUT2D eigenvalue weighted by molar-refractivity contribution is 6.33. The fraction of sp³-hybridized carbons (Fsp3) is 0.400. The van der Waals surface area contributed by atoms with Crippen LogP contribution in [0, 0.1) is 0 Å². The van der Waals surface area contributed by atoms with Gasteiger partial charge in [-0.1, -0.05) is 47.0 Å². The molecule has 4 atom stereocenters. The van der Waals surface area contributed by atoms with E-state index in [0.717, 1.165) is 5.56 Å². The summed E-state index contributed by atoms with van der Waals surface area (Å²) in [5, 5.41) is 14.0. The highest BCUT2D eigenvalue weighted by Gasteiger charge is 2.60. The number of hydrogen-bond donors (Lipinski definition) is 1. The summed E-state index contributed by atoms with van der Waals surface area (Å²) in [4.78, 5) is 27.3. The first kappa shape index (κ1) is 22.9. The summed E-state index contributed by atoms with van der Waals surface area (Å²) in [6.45, 7) is 0.569. The van der Waals surface area contributed by atoms with Gasteiger partial charge in [-0.2, -0.15) is 0 Å². The Morgan fingerprint density at radius 1 is 1.36 bits per heavy atom. The molecule has 0 amide bonds. The minimum atomic E-state index is -1.50. The molecule has 1 aliphatic rings. The molecule has 3 aromatic rings. The lowest BCUT2D eigenvalue weighted by Gasteiger charge is -2.36. The average Bonchev–Trinajstić information content (AvgIpc) is 3.37. The van der Waals surface area contributed by atoms with E-state index < -0.39 is 36.6 Å². The van der Waals surface area contributed by atoms with Crippen LogP contribution in [0.2, 0.25) is 5.15 Å². The summed E-state index contributed by atoms with van der Waals surface area (Å²) in [6.07, 6.45) is -0.446. The van der Waals surface area contributed by atoms with Gasteiger partial charge in [-0.05, 0) is 11.1 Å². The second-order valence-electron chi connectivity index (χ2n) is 7.33. The zero-order valence-corrected chi connectivity index (χ0v) is 18.2. The number of carbonyl (C=O) groups excluding carboxylic acids is 1. The first-order chi connectivity index (χ1) is 16.0. The van der Waals surface area contributed by atoms with E-state index in [1.54, 1.807) is 0 Å². The van der Waals surface area contributed by atoms with E-state index in [1.165, 1.54) is 24.1 Å². The van der Waals surface area contributed by atoms with Gasteiger partial charge in [-0.25, -0.2) is 15.0 Å². The highest BCUT2D eigenvalue weighted by atomic mass is 35.5. The van der Waals surface area contributed by atoms with E-state index >= 15 is 0 Å². The van der Waals surface area contributed by atoms with Crippen LogP contribution in [0.4, 0.5) is 0 Å². The van der Waals surface area contributed by atoms with Gasteiger partial charge in [-0.3, -0.25) is 9.36 Å². The van der Waals surface area contributed by atoms with Crippen molar-refractivity contribution >= 4 is 28.7 Å². The molecule has 1 saturated heterocycles. The number of halogens is 1. The second kappa shape index (κ2) is 9.69. The number of carbonyl (C=O) groups is 1. The Balaban J connectivity index is 1.80. The predicted molar refractivity (Wildman–Crippen MR) is 115 cm³/mol. The summed E-state index contributed by atoms with van der Waals surface area (Å²) >= 11 is 6.12. The van der Waals surface area contributed by atoms with Crippen LogP contribution in [0.25, 0.3) is 21.6 Å². The van der Waals surface area contributed by atoms with E-state index in [4.69, 9.17) is 31.3 Å². The number of hydrogen-bond acceptors (Lipinski definition) is 9. The Kier molecular flexibility index (Phi) is 6.72. The molecule has 1 aromatic carbocycles. The van der Waals surface area contributed by atoms with Crippen molar-refractivity contribution in [1.82, 2.24) is 19.5 Å². The lowest BCUT2D eigenvalue weighted by Crippen LogP contribution is -2.55. The van der Waals surface area contributed by atoms with E-state index in [0.29, 0.717) is 11.2 Å². The minimum Gasteiger partial charge on any atom is -0.454 e. The van der Waals surface area contributed by atoms with Crippen LogP contribution in [-0.4, -0.2) is 61.6 Å². The monoisotopic (exact) mass is 473 g/mol. The van der Waals surface area contributed by atoms with Crippen LogP contribution in [0.5, 0.6) is 0 Å². The Labute approximate surface area is 192 Å². The predicted octanol–water partition coefficient (Wildman–Crippen LogP) is 2.57. The molecular weight excluding hydrogens is 454 g/mol. The first-order valence-electron chi connectivity index (χ1n) is 9.95. The molecule has 0 bridgehead atoms. The Bertz CT molecular complexity index is 1190. The molecule has 13 heteroatoms. The van der Waals surface area contributed by atoms with Crippen LogP contribution in [0.3, 0.4) is 0 Å². The van der Waals surface area contributed by atoms with Gasteiger partial charge < -0.3 is 19.3 Å². The summed E-state index contributed by atoms with van der Waals surface area (Å²) in [7, 11) is 0. The van der Waals surface area contributed by atoms with Crippen molar-refractivity contribution in [3.63, 3.8) is 0 Å². The molecule has 0 aliphatic carbocycles. The van der Waals surface area contributed by atoms with Gasteiger partial charge in [0, 0.05) is 11.8 Å². The molecule has 2 aromatic heterocycles. The highest BCUT2D eigenvalue weighted by Crippen LogP contribution is 2.44. The maximum absolute atomic E-state index is 12.1. The lowest BCUT2D eigenvalue weighted by molar-refractivity contribution is -0.174. The Hall–Kier alpha value is -3.28. The van der Waals surface area contributed by atoms with Gasteiger partial charge in [-0.15, -0.1) is 0 Å². The molecule has 0 unspecified atom stereocenters. The Morgan fingerprint density at radius 3 is 2.85 bits per heavy atom. The normalized spacial score (nSPS) is 24.5. The number of aliphatic hydroxyl groups is 1. The maximum atomic E-state index is 12.1. The molecule has 0 radical (unpaired) electrons. The summed E-state index contributed by atoms with van der Waals surface area (Å²) in [5.74, 6) is -0.613. The number of azide groups is 1. The number of esters is 1. The van der Waals surface area contributed by atoms with Crippen LogP contribution < -0.4 is 0 Å². The molecule has 33 heavy (non-hydrogen) atoms. The number of fused-ring (bicyclic) bond motifs is 1. The first-order valence-corrected chi connectivity index (χ1v) is 10.3. The molecule has 1 fully saturated rings. The van der Waals surface area contributed by atoms with Crippen molar-refractivity contribution < 1.29 is 24.1 Å². The van der Waals surface area contributed by atoms with Crippen molar-refractivity contribution in [3.05, 3.63) is 64.1 Å². The minimum absolute atomic E-state index is 0.0881. The average molecular weight is 474 g/mol. The third-order valence-corrected chi connectivity index (χ3v) is 5.64. The van der Waals surface area contributed by atoms with Crippen molar-refractivity contribution in [2.75, 3.05) is 13.2 Å². The largest absolute Gasteiger partial charge is 0.454 e. The van der Waals surface area contributed by atoms with Crippen molar-refractivity contribution in [1.29, 1.82) is 0 Å². The van der Waals surface area contributed by atoms with Crippen LogP contribution >= 0.6 is 11.6 Å². The van der Waals surface area contributed by atoms with Crippen LogP contribution in [0.15, 0.2) is 48.1 Å². The van der Waals surface area contributed by atoms with E-state index in [2.05, 4.69) is 25.0 Å². The second-order valence-corrected chi connectivity index (χ2v) is 7.69. The summed E-state index contributed by atoms with van der Waals surface area (Å²) < 4.78 is 19.5. The van der Waals surface area contributed by atoms with Gasteiger partial charge in [0.05, 0.1) is 26.1 Å². The molecule has 0 spiro atoms. The van der Waals surface area contributed by atoms with Crippen LogP contribution in [-0.2, 0) is 25.6 Å². The molecule has 4 rings (SSSR count). The topological polar surface area (TPSA) is 157 Å². The zero-order chi connectivity index (χ0) is 23.4. The summed E-state index contributed by atoms with van der Waals surface area (Å²) in [5.41, 5.74) is 9.00. The lowest BCUT2D eigenvalue weighted by atomic mass is 9.91. The molecule has 1 aliphatic heterocycles. The van der Waals surface area contributed by atoms with Crippen molar-refractivity contribution in [2.45, 2.75) is 37.6 Å². The molecular formula is C20H20ClN7O5. The van der Waals surface area contributed by atoms with Crippen LogP contribution in [0.1, 0.15) is 18.7 Å². The number of imidazole rings is 1. The molecule has 0 saturated carbocycles. The van der Waals surface area contributed by atoms with Gasteiger partial charge in [0.1, 0.15) is 23.5 Å². The molecule has 3 heterocycles. The zero-order valence-electron chi connectivity index (χ0n) is 17.5. The van der Waals surface area contributed by atoms with Gasteiger partial charge in [0.25, 0.3) is 0 Å². The maximum Gasteiger partial charge on any atom is 0.303 e. The summed E-state index contributed by atoms with van der Waals surface area (Å²) in [6, 6.07) is 9.27. The van der Waals surface area contributed by atoms with E-state index in [-0.39, 0.29) is 18.3 Å². The fourth-order valence-corrected chi connectivity index (χ4v) is 4.06. The fourth-order valence-electron chi connectivity index (χ4n) is 3.88. The van der Waals surface area contributed by atoms with Gasteiger partial charge in [0.2, 0.25) is 0 Å². The standard InChI is InChI=1S/C20H20ClN7O5/c1-12(30)32-16-19(28-11-25-15-17(21)23-10-24-18(15)28)33-14(7-29)20(16,9-26-27-22)31-8-13-5-3-2-4-6-13/h2-6,10-11,14,16,19,29H,7-9H2,1H3/t14-,16+,19-,20-/m1/s1. The number of ether oxygens (including phenoxy) is 3. The third-order valence-electron chi connectivity index (χ3n) is 5.37. The van der Waals surface area contributed by atoms with Crippen molar-refractivity contribution in [2.24, 2.45) is 5.11 Å². The number of nitrogens with zero attached hydrogens (tertiary/aromatic N) is 7. The van der Waals surface area contributed by atoms with Gasteiger partial charge >= 0.3 is 5.97 Å². The molecule has 1 N–H and O–H groups in total. The Morgan fingerprint density at radius 2 is 2.15 bits per heavy atom. The smallest absolute Gasteiger partial charge is 0.303 e. The van der Waals surface area contributed by atoms with E-state index in [1.807, 2.05) is 30.3 Å².